The van der Waals surface area contributed by atoms with E-state index in [1.807, 2.05) is 0 Å². The van der Waals surface area contributed by atoms with Crippen LogP contribution >= 0.6 is 67.8 Å². The molecule has 0 aliphatic carbocycles. The summed E-state index contributed by atoms with van der Waals surface area (Å²) in [4.78, 5) is 4.15. The third kappa shape index (κ3) is 1.51. The molecule has 0 radical (unpaired) electrons. The number of hydrogen-bond donors (Lipinski definition) is 0. The summed E-state index contributed by atoms with van der Waals surface area (Å²) >= 11 is 6.25. The second kappa shape index (κ2) is 3.43. The fourth-order valence-corrected chi connectivity index (χ4v) is 2.64. The van der Waals surface area contributed by atoms with Crippen LogP contribution < -0.4 is 0 Å². The summed E-state index contributed by atoms with van der Waals surface area (Å²) in [7, 11) is 0. The van der Waals surface area contributed by atoms with E-state index in [9.17, 15) is 0 Å². The SMILES string of the molecule is Ic1nc(I)c2nnc(I)n2n1. The molecule has 0 atom stereocenters. The first kappa shape index (κ1) is 9.23. The lowest BCUT2D eigenvalue weighted by molar-refractivity contribution is 0.833. The Kier molecular flexibility index (Phi) is 2.64. The molecule has 0 N–H and O–H groups in total. The molecule has 0 bridgehead atoms. The molecule has 2 heterocycles. The Morgan fingerprint density at radius 2 is 1.83 bits per heavy atom. The van der Waals surface area contributed by atoms with Crippen LogP contribution in [0.1, 0.15) is 0 Å². The molecular weight excluding hydrogens is 499 g/mol. The molecule has 0 aliphatic heterocycles. The number of hydrogen-bond acceptors (Lipinski definition) is 4. The molecule has 0 saturated carbocycles. The molecule has 0 fully saturated rings. The average Bonchev–Trinajstić information content (AvgIpc) is 2.33. The highest BCUT2D eigenvalue weighted by Gasteiger charge is 2.08. The van der Waals surface area contributed by atoms with Crippen molar-refractivity contribution < 1.29 is 0 Å². The van der Waals surface area contributed by atoms with Crippen LogP contribution in [0.5, 0.6) is 0 Å². The number of rotatable bonds is 0. The molecule has 0 amide bonds. The fourth-order valence-electron chi connectivity index (χ4n) is 0.714. The fraction of sp³-hybridized carbons (Fsp3) is 0. The number of fused-ring (bicyclic) bond motifs is 1. The van der Waals surface area contributed by atoms with E-state index in [1.54, 1.807) is 4.52 Å². The largest absolute Gasteiger partial charge is 0.215 e. The van der Waals surface area contributed by atoms with Gasteiger partial charge in [-0.1, -0.05) is 0 Å². The van der Waals surface area contributed by atoms with Crippen LogP contribution in [0.25, 0.3) is 5.65 Å². The molecule has 12 heavy (non-hydrogen) atoms. The van der Waals surface area contributed by atoms with E-state index in [-0.39, 0.29) is 0 Å². The maximum atomic E-state index is 4.15. The Labute approximate surface area is 108 Å². The van der Waals surface area contributed by atoms with E-state index >= 15 is 0 Å². The Morgan fingerprint density at radius 3 is 2.58 bits per heavy atom. The lowest BCUT2D eigenvalue weighted by Crippen LogP contribution is -2.02. The van der Waals surface area contributed by atoms with Crippen LogP contribution in [0.15, 0.2) is 0 Å². The number of nitrogens with zero attached hydrogens (tertiary/aromatic N) is 5. The van der Waals surface area contributed by atoms with Gasteiger partial charge < -0.3 is 0 Å². The van der Waals surface area contributed by atoms with Crippen molar-refractivity contribution in [2.75, 3.05) is 0 Å². The van der Waals surface area contributed by atoms with E-state index in [0.29, 0.717) is 9.48 Å². The lowest BCUT2D eigenvalue weighted by atomic mass is 10.8. The van der Waals surface area contributed by atoms with Gasteiger partial charge in [0.15, 0.2) is 3.70 Å². The lowest BCUT2D eigenvalue weighted by Gasteiger charge is -1.94. The van der Waals surface area contributed by atoms with Gasteiger partial charge in [-0.15, -0.1) is 15.3 Å². The number of aromatic nitrogens is 5. The molecule has 0 unspecified atom stereocenters. The Bertz CT molecular complexity index is 437. The van der Waals surface area contributed by atoms with Crippen molar-refractivity contribution in [3.8, 4) is 0 Å². The van der Waals surface area contributed by atoms with E-state index in [4.69, 9.17) is 0 Å². The third-order valence-electron chi connectivity index (χ3n) is 1.16. The summed E-state index contributed by atoms with van der Waals surface area (Å²) < 4.78 is 3.95. The molecular formula is C4I3N5. The minimum Gasteiger partial charge on any atom is -0.211 e. The Morgan fingerprint density at radius 1 is 1.08 bits per heavy atom. The number of halogens is 3. The van der Waals surface area contributed by atoms with Gasteiger partial charge in [0.2, 0.25) is 13.3 Å². The van der Waals surface area contributed by atoms with Crippen LogP contribution in [-0.4, -0.2) is 24.8 Å². The molecule has 0 spiro atoms. The predicted molar refractivity (Wildman–Crippen MR) is 66.7 cm³/mol. The van der Waals surface area contributed by atoms with Crippen molar-refractivity contribution in [2.24, 2.45) is 0 Å². The van der Waals surface area contributed by atoms with Gasteiger partial charge >= 0.3 is 0 Å². The molecule has 0 saturated heterocycles. The van der Waals surface area contributed by atoms with Crippen LogP contribution in [0.3, 0.4) is 0 Å². The highest BCUT2D eigenvalue weighted by atomic mass is 127. The van der Waals surface area contributed by atoms with Gasteiger partial charge in [-0.05, 0) is 22.6 Å². The first-order chi connectivity index (χ1) is 5.68. The van der Waals surface area contributed by atoms with Crippen molar-refractivity contribution in [2.45, 2.75) is 0 Å². The highest BCUT2D eigenvalue weighted by Crippen LogP contribution is 2.11. The second-order valence-electron chi connectivity index (χ2n) is 1.88. The molecule has 0 aromatic carbocycles. The van der Waals surface area contributed by atoms with E-state index in [2.05, 4.69) is 88.1 Å². The maximum absolute atomic E-state index is 4.15. The first-order valence-electron chi connectivity index (χ1n) is 2.78. The summed E-state index contributed by atoms with van der Waals surface area (Å²) in [6.07, 6.45) is 0. The smallest absolute Gasteiger partial charge is 0.211 e. The van der Waals surface area contributed by atoms with Crippen molar-refractivity contribution in [1.29, 1.82) is 0 Å². The van der Waals surface area contributed by atoms with Gasteiger partial charge in [-0.25, -0.2) is 4.98 Å². The predicted octanol–water partition coefficient (Wildman–Crippen LogP) is 1.33. The minimum atomic E-state index is 0.696. The van der Waals surface area contributed by atoms with Gasteiger partial charge in [0, 0.05) is 45.2 Å². The molecule has 0 aliphatic rings. The zero-order valence-electron chi connectivity index (χ0n) is 5.37. The Hall–Kier alpha value is 0.670. The van der Waals surface area contributed by atoms with Crippen molar-refractivity contribution >= 4 is 73.4 Å². The normalized spacial score (nSPS) is 10.9. The van der Waals surface area contributed by atoms with E-state index in [0.717, 1.165) is 7.53 Å². The second-order valence-corrected chi connectivity index (χ2v) is 4.83. The van der Waals surface area contributed by atoms with Crippen molar-refractivity contribution in [3.63, 3.8) is 0 Å². The molecule has 5 nitrogen and oxygen atoms in total. The first-order valence-corrected chi connectivity index (χ1v) is 6.02. The summed E-state index contributed by atoms with van der Waals surface area (Å²) in [6.45, 7) is 0. The van der Waals surface area contributed by atoms with Crippen molar-refractivity contribution in [1.82, 2.24) is 24.8 Å². The van der Waals surface area contributed by atoms with Gasteiger partial charge in [-0.3, -0.25) is 0 Å². The molecule has 2 aromatic heterocycles. The quantitative estimate of drug-likeness (QED) is 0.515. The minimum absolute atomic E-state index is 0.696. The molecule has 2 rings (SSSR count). The monoisotopic (exact) mass is 499 g/mol. The van der Waals surface area contributed by atoms with Crippen LogP contribution in [0.4, 0.5) is 0 Å². The van der Waals surface area contributed by atoms with Crippen LogP contribution in [0.2, 0.25) is 0 Å². The standard InChI is InChI=1S/C4I3N5/c5-1-2-9-10-4(7)12(2)11-3(6)8-1. The zero-order chi connectivity index (χ0) is 8.72. The summed E-state index contributed by atoms with van der Waals surface area (Å²) in [5, 5.41) is 12.0. The van der Waals surface area contributed by atoms with Gasteiger partial charge in [0.1, 0.15) is 0 Å². The average molecular weight is 499 g/mol. The van der Waals surface area contributed by atoms with Gasteiger partial charge in [0.05, 0.1) is 0 Å². The van der Waals surface area contributed by atoms with Crippen LogP contribution in [0, 0.1) is 11.4 Å². The topological polar surface area (TPSA) is 56.0 Å². The molecule has 2 aromatic rings. The summed E-state index contributed by atoms with van der Waals surface area (Å²) in [6, 6.07) is 0. The van der Waals surface area contributed by atoms with Gasteiger partial charge in [-0.2, -0.15) is 4.52 Å². The molecule has 62 valence electrons. The van der Waals surface area contributed by atoms with E-state index in [1.165, 1.54) is 0 Å². The summed E-state index contributed by atoms with van der Waals surface area (Å²) in [5.41, 5.74) is 0.709. The third-order valence-corrected chi connectivity index (χ3v) is 3.01. The highest BCUT2D eigenvalue weighted by molar-refractivity contribution is 14.1. The van der Waals surface area contributed by atoms with Crippen LogP contribution in [-0.2, 0) is 0 Å². The van der Waals surface area contributed by atoms with Crippen molar-refractivity contribution in [3.05, 3.63) is 11.4 Å². The van der Waals surface area contributed by atoms with Gasteiger partial charge in [0.25, 0.3) is 0 Å². The Balaban J connectivity index is 2.92. The molecule has 8 heteroatoms. The zero-order valence-corrected chi connectivity index (χ0v) is 11.8. The maximum Gasteiger partial charge on any atom is 0.215 e. The summed E-state index contributed by atoms with van der Waals surface area (Å²) in [5.74, 6) is 0. The van der Waals surface area contributed by atoms with E-state index < -0.39 is 0 Å².